The number of carbonyl (C=O) groups excluding carboxylic acids is 2. The summed E-state index contributed by atoms with van der Waals surface area (Å²) in [6, 6.07) is 17.7. The van der Waals surface area contributed by atoms with Crippen molar-refractivity contribution in [3.63, 3.8) is 0 Å². The molecule has 0 bridgehead atoms. The summed E-state index contributed by atoms with van der Waals surface area (Å²) in [5.74, 6) is -0.585. The number of nitriles is 1. The molecule has 134 valence electrons. The molecule has 1 N–H and O–H groups in total. The fourth-order valence-corrected chi connectivity index (χ4v) is 2.60. The molecule has 5 heteroatoms. The summed E-state index contributed by atoms with van der Waals surface area (Å²) in [6.45, 7) is 3.81. The zero-order chi connectivity index (χ0) is 18.9. The Bertz CT molecular complexity index is 794. The summed E-state index contributed by atoms with van der Waals surface area (Å²) in [7, 11) is 0. The highest BCUT2D eigenvalue weighted by Crippen LogP contribution is 2.21. The van der Waals surface area contributed by atoms with Crippen LogP contribution in [0, 0.1) is 17.2 Å². The topological polar surface area (TPSA) is 79.2 Å². The number of ether oxygens (including phenoxy) is 1. The van der Waals surface area contributed by atoms with Gasteiger partial charge in [-0.05, 0) is 36.1 Å². The molecule has 0 saturated heterocycles. The first kappa shape index (κ1) is 19.2. The monoisotopic (exact) mass is 350 g/mol. The molecule has 2 aromatic carbocycles. The van der Waals surface area contributed by atoms with Crippen LogP contribution in [-0.4, -0.2) is 18.5 Å². The van der Waals surface area contributed by atoms with Gasteiger partial charge >= 0.3 is 5.97 Å². The van der Waals surface area contributed by atoms with Gasteiger partial charge in [0.15, 0.2) is 6.61 Å². The number of hydrogen-bond acceptors (Lipinski definition) is 4. The van der Waals surface area contributed by atoms with Gasteiger partial charge in [-0.3, -0.25) is 4.79 Å². The number of hydrogen-bond donors (Lipinski definition) is 1. The van der Waals surface area contributed by atoms with Crippen LogP contribution in [0.2, 0.25) is 0 Å². The maximum absolute atomic E-state index is 12.2. The molecule has 0 aromatic heterocycles. The molecule has 0 aliphatic carbocycles. The summed E-state index contributed by atoms with van der Waals surface area (Å²) in [4.78, 5) is 24.3. The van der Waals surface area contributed by atoms with Crippen molar-refractivity contribution in [1.29, 1.82) is 5.26 Å². The number of benzene rings is 2. The minimum absolute atomic E-state index is 0.135. The molecule has 2 rings (SSSR count). The Hall–Kier alpha value is -3.13. The quantitative estimate of drug-likeness (QED) is 0.774. The van der Waals surface area contributed by atoms with Crippen LogP contribution in [0.3, 0.4) is 0 Å². The highest BCUT2D eigenvalue weighted by Gasteiger charge is 2.17. The van der Waals surface area contributed by atoms with Crippen LogP contribution in [-0.2, 0) is 9.53 Å². The van der Waals surface area contributed by atoms with Crippen LogP contribution in [0.4, 0.5) is 0 Å². The average molecular weight is 350 g/mol. The summed E-state index contributed by atoms with van der Waals surface area (Å²) < 4.78 is 5.07. The van der Waals surface area contributed by atoms with E-state index in [2.05, 4.69) is 19.2 Å². The van der Waals surface area contributed by atoms with Crippen molar-refractivity contribution in [2.45, 2.75) is 26.3 Å². The van der Waals surface area contributed by atoms with Crippen molar-refractivity contribution >= 4 is 11.9 Å². The Labute approximate surface area is 153 Å². The first-order valence-corrected chi connectivity index (χ1v) is 8.51. The molecule has 0 spiro atoms. The van der Waals surface area contributed by atoms with Crippen LogP contribution in [0.5, 0.6) is 0 Å². The van der Waals surface area contributed by atoms with Crippen LogP contribution < -0.4 is 5.32 Å². The first-order chi connectivity index (χ1) is 12.5. The zero-order valence-corrected chi connectivity index (χ0v) is 14.9. The van der Waals surface area contributed by atoms with Gasteiger partial charge in [0, 0.05) is 0 Å². The fourth-order valence-electron chi connectivity index (χ4n) is 2.60. The van der Waals surface area contributed by atoms with Gasteiger partial charge in [0.25, 0.3) is 5.91 Å². The number of rotatable bonds is 7. The molecule has 1 atom stereocenters. The van der Waals surface area contributed by atoms with Gasteiger partial charge in [0.05, 0.1) is 23.2 Å². The standard InChI is InChI=1S/C21H22N2O3/c1-15(2)11-19(17-8-4-3-5-9-17)23-20(24)14-26-21(25)18-10-6-7-16(12-18)13-22/h3-10,12,15,19H,11,14H2,1-2H3,(H,23,24)/t19-/m1/s1. The number of esters is 1. The molecule has 0 saturated carbocycles. The van der Waals surface area contributed by atoms with Gasteiger partial charge in [-0.15, -0.1) is 0 Å². The lowest BCUT2D eigenvalue weighted by atomic mass is 9.97. The highest BCUT2D eigenvalue weighted by molar-refractivity contribution is 5.91. The maximum Gasteiger partial charge on any atom is 0.338 e. The van der Waals surface area contributed by atoms with E-state index in [1.165, 1.54) is 6.07 Å². The normalized spacial score (nSPS) is 11.5. The Morgan fingerprint density at radius 2 is 1.85 bits per heavy atom. The smallest absolute Gasteiger partial charge is 0.338 e. The van der Waals surface area contributed by atoms with Gasteiger partial charge in [0.2, 0.25) is 0 Å². The average Bonchev–Trinajstić information content (AvgIpc) is 2.66. The molecule has 0 aliphatic rings. The number of nitrogens with one attached hydrogen (secondary N) is 1. The number of carbonyl (C=O) groups is 2. The first-order valence-electron chi connectivity index (χ1n) is 8.51. The second-order valence-corrected chi connectivity index (χ2v) is 6.43. The van der Waals surface area contributed by atoms with E-state index in [4.69, 9.17) is 10.00 Å². The molecule has 0 fully saturated rings. The van der Waals surface area contributed by atoms with Crippen LogP contribution in [0.25, 0.3) is 0 Å². The van der Waals surface area contributed by atoms with E-state index in [-0.39, 0.29) is 24.1 Å². The summed E-state index contributed by atoms with van der Waals surface area (Å²) in [6.07, 6.45) is 0.786. The third-order valence-corrected chi connectivity index (χ3v) is 3.81. The van der Waals surface area contributed by atoms with E-state index in [9.17, 15) is 9.59 Å². The second-order valence-electron chi connectivity index (χ2n) is 6.43. The lowest BCUT2D eigenvalue weighted by Crippen LogP contribution is -2.33. The lowest BCUT2D eigenvalue weighted by molar-refractivity contribution is -0.125. The predicted molar refractivity (Wildman–Crippen MR) is 98.2 cm³/mol. The molecule has 2 aromatic rings. The molecule has 1 amide bonds. The predicted octanol–water partition coefficient (Wildman–Crippen LogP) is 3.62. The van der Waals surface area contributed by atoms with E-state index in [1.807, 2.05) is 36.4 Å². The fraction of sp³-hybridized carbons (Fsp3) is 0.286. The number of nitrogens with zero attached hydrogens (tertiary/aromatic N) is 1. The van der Waals surface area contributed by atoms with Gasteiger partial charge in [0.1, 0.15) is 0 Å². The van der Waals surface area contributed by atoms with Crippen molar-refractivity contribution in [2.24, 2.45) is 5.92 Å². The van der Waals surface area contributed by atoms with E-state index in [0.29, 0.717) is 11.5 Å². The van der Waals surface area contributed by atoms with E-state index in [1.54, 1.807) is 18.2 Å². The van der Waals surface area contributed by atoms with E-state index < -0.39 is 5.97 Å². The van der Waals surface area contributed by atoms with Gasteiger partial charge in [-0.25, -0.2) is 4.79 Å². The maximum atomic E-state index is 12.2. The summed E-state index contributed by atoms with van der Waals surface area (Å²) in [5.41, 5.74) is 1.63. The molecule has 0 aliphatic heterocycles. The number of amides is 1. The third-order valence-electron chi connectivity index (χ3n) is 3.81. The summed E-state index contributed by atoms with van der Waals surface area (Å²) >= 11 is 0. The molecule has 0 unspecified atom stereocenters. The Morgan fingerprint density at radius 1 is 1.12 bits per heavy atom. The van der Waals surface area contributed by atoms with Crippen LogP contribution in [0.15, 0.2) is 54.6 Å². The Morgan fingerprint density at radius 3 is 2.50 bits per heavy atom. The highest BCUT2D eigenvalue weighted by atomic mass is 16.5. The minimum atomic E-state index is -0.627. The van der Waals surface area contributed by atoms with Crippen molar-refractivity contribution in [2.75, 3.05) is 6.61 Å². The second kappa shape index (κ2) is 9.38. The van der Waals surface area contributed by atoms with Crippen LogP contribution in [0.1, 0.15) is 47.8 Å². The lowest BCUT2D eigenvalue weighted by Gasteiger charge is -2.21. The zero-order valence-electron chi connectivity index (χ0n) is 14.9. The van der Waals surface area contributed by atoms with Crippen molar-refractivity contribution in [1.82, 2.24) is 5.32 Å². The van der Waals surface area contributed by atoms with Gasteiger partial charge < -0.3 is 10.1 Å². The van der Waals surface area contributed by atoms with Crippen LogP contribution >= 0.6 is 0 Å². The SMILES string of the molecule is CC(C)C[C@@H](NC(=O)COC(=O)c1cccc(C#N)c1)c1ccccc1. The molecule has 0 heterocycles. The molecular formula is C21H22N2O3. The largest absolute Gasteiger partial charge is 0.452 e. The van der Waals surface area contributed by atoms with Crippen molar-refractivity contribution in [3.05, 3.63) is 71.3 Å². The van der Waals surface area contributed by atoms with Crippen molar-refractivity contribution < 1.29 is 14.3 Å². The van der Waals surface area contributed by atoms with E-state index >= 15 is 0 Å². The minimum Gasteiger partial charge on any atom is -0.452 e. The molecule has 26 heavy (non-hydrogen) atoms. The third kappa shape index (κ3) is 5.75. The molecule has 0 radical (unpaired) electrons. The van der Waals surface area contributed by atoms with Gasteiger partial charge in [-0.2, -0.15) is 5.26 Å². The van der Waals surface area contributed by atoms with Crippen molar-refractivity contribution in [3.8, 4) is 6.07 Å². The molecule has 5 nitrogen and oxygen atoms in total. The Balaban J connectivity index is 1.95. The van der Waals surface area contributed by atoms with E-state index in [0.717, 1.165) is 12.0 Å². The molecular weight excluding hydrogens is 328 g/mol. The summed E-state index contributed by atoms with van der Waals surface area (Å²) in [5, 5.41) is 11.8. The van der Waals surface area contributed by atoms with Gasteiger partial charge in [-0.1, -0.05) is 50.2 Å². The Kier molecular flexibility index (Phi) is 6.92.